The molecule has 6 heteroatoms. The van der Waals surface area contributed by atoms with E-state index < -0.39 is 11.9 Å². The molecular formula is C15H16Br2O4. The van der Waals surface area contributed by atoms with Gasteiger partial charge in [0, 0.05) is 6.08 Å². The monoisotopic (exact) mass is 418 g/mol. The Bertz CT molecular complexity index is 521. The maximum atomic E-state index is 12.0. The predicted octanol–water partition coefficient (Wildman–Crippen LogP) is 3.98. The summed E-state index contributed by atoms with van der Waals surface area (Å²) in [5, 5.41) is 0. The van der Waals surface area contributed by atoms with Gasteiger partial charge in [-0.3, -0.25) is 0 Å². The van der Waals surface area contributed by atoms with Gasteiger partial charge in [0.15, 0.2) is 0 Å². The summed E-state index contributed by atoms with van der Waals surface area (Å²) in [6, 6.07) is 7.21. The molecule has 1 aromatic carbocycles. The lowest BCUT2D eigenvalue weighted by atomic mass is 10.0. The highest BCUT2D eigenvalue weighted by Gasteiger charge is 2.16. The molecule has 0 aromatic heterocycles. The van der Waals surface area contributed by atoms with Crippen molar-refractivity contribution < 1.29 is 19.1 Å². The summed E-state index contributed by atoms with van der Waals surface area (Å²) < 4.78 is 9.85. The van der Waals surface area contributed by atoms with Crippen molar-refractivity contribution in [3.8, 4) is 0 Å². The fourth-order valence-corrected chi connectivity index (χ4v) is 2.19. The van der Waals surface area contributed by atoms with E-state index >= 15 is 0 Å². The first-order chi connectivity index (χ1) is 9.99. The normalized spacial score (nSPS) is 11.4. The fourth-order valence-electron chi connectivity index (χ4n) is 1.58. The van der Waals surface area contributed by atoms with Crippen molar-refractivity contribution >= 4 is 49.4 Å². The average molecular weight is 420 g/mol. The summed E-state index contributed by atoms with van der Waals surface area (Å²) in [5.74, 6) is -1.11. The van der Waals surface area contributed by atoms with Crippen LogP contribution in [0.25, 0.3) is 5.57 Å². The molecule has 0 bridgehead atoms. The fraction of sp³-hybridized carbons (Fsp3) is 0.333. The predicted molar refractivity (Wildman–Crippen MR) is 88.3 cm³/mol. The van der Waals surface area contributed by atoms with Gasteiger partial charge in [-0.25, -0.2) is 9.59 Å². The smallest absolute Gasteiger partial charge is 0.338 e. The van der Waals surface area contributed by atoms with Crippen LogP contribution in [-0.2, 0) is 19.1 Å². The van der Waals surface area contributed by atoms with Crippen LogP contribution < -0.4 is 0 Å². The molecule has 0 spiro atoms. The van der Waals surface area contributed by atoms with Gasteiger partial charge in [-0.05, 0) is 25.0 Å². The highest BCUT2D eigenvalue weighted by molar-refractivity contribution is 9.24. The lowest BCUT2D eigenvalue weighted by molar-refractivity contribution is -0.139. The third-order valence-corrected chi connectivity index (χ3v) is 3.58. The minimum absolute atomic E-state index is 0.0270. The Hall–Kier alpha value is -1.14. The number of carbonyl (C=O) groups is 2. The Morgan fingerprint density at radius 1 is 1.10 bits per heavy atom. The molecule has 0 N–H and O–H groups in total. The topological polar surface area (TPSA) is 52.6 Å². The lowest BCUT2D eigenvalue weighted by Gasteiger charge is -2.09. The van der Waals surface area contributed by atoms with Crippen LogP contribution in [-0.4, -0.2) is 25.2 Å². The Labute approximate surface area is 140 Å². The molecule has 0 unspecified atom stereocenters. The quantitative estimate of drug-likeness (QED) is 0.397. The zero-order valence-electron chi connectivity index (χ0n) is 11.8. The SMILES string of the molecule is CCOC(=O)/C=C(\C(=O)OCC)c1ccc(C(Br)Br)cc1. The van der Waals surface area contributed by atoms with Gasteiger partial charge in [-0.2, -0.15) is 0 Å². The molecule has 0 fully saturated rings. The van der Waals surface area contributed by atoms with Crippen molar-refractivity contribution in [3.63, 3.8) is 0 Å². The van der Waals surface area contributed by atoms with Crippen LogP contribution in [0, 0.1) is 0 Å². The second-order valence-electron chi connectivity index (χ2n) is 3.95. The summed E-state index contributed by atoms with van der Waals surface area (Å²) >= 11 is 6.79. The minimum atomic E-state index is -0.566. The first kappa shape index (κ1) is 17.9. The number of alkyl halides is 2. The Balaban J connectivity index is 3.11. The third-order valence-electron chi connectivity index (χ3n) is 2.52. The van der Waals surface area contributed by atoms with Crippen molar-refractivity contribution in [1.29, 1.82) is 0 Å². The molecule has 0 aliphatic rings. The molecular weight excluding hydrogens is 404 g/mol. The largest absolute Gasteiger partial charge is 0.463 e. The van der Waals surface area contributed by atoms with E-state index in [-0.39, 0.29) is 22.5 Å². The average Bonchev–Trinajstić information content (AvgIpc) is 2.45. The van der Waals surface area contributed by atoms with Crippen molar-refractivity contribution in [1.82, 2.24) is 0 Å². The van der Waals surface area contributed by atoms with Crippen LogP contribution in [0.2, 0.25) is 0 Å². The summed E-state index contributed by atoms with van der Waals surface area (Å²) in [6.45, 7) is 3.90. The van der Waals surface area contributed by atoms with Crippen LogP contribution in [0.5, 0.6) is 0 Å². The molecule has 1 rings (SSSR count). The maximum absolute atomic E-state index is 12.0. The van der Waals surface area contributed by atoms with Crippen LogP contribution in [0.1, 0.15) is 28.7 Å². The first-order valence-electron chi connectivity index (χ1n) is 6.43. The third kappa shape index (κ3) is 5.63. The molecule has 0 heterocycles. The molecule has 0 aliphatic carbocycles. The van der Waals surface area contributed by atoms with E-state index in [1.807, 2.05) is 12.1 Å². The molecule has 0 atom stereocenters. The van der Waals surface area contributed by atoms with Gasteiger partial charge in [-0.15, -0.1) is 0 Å². The van der Waals surface area contributed by atoms with Crippen LogP contribution in [0.4, 0.5) is 0 Å². The minimum Gasteiger partial charge on any atom is -0.463 e. The highest BCUT2D eigenvalue weighted by atomic mass is 79.9. The van der Waals surface area contributed by atoms with E-state index in [4.69, 9.17) is 9.47 Å². The van der Waals surface area contributed by atoms with E-state index in [1.54, 1.807) is 26.0 Å². The molecule has 4 nitrogen and oxygen atoms in total. The molecule has 21 heavy (non-hydrogen) atoms. The molecule has 0 saturated carbocycles. The number of ether oxygens (including phenoxy) is 2. The summed E-state index contributed by atoms with van der Waals surface area (Å²) in [4.78, 5) is 23.6. The van der Waals surface area contributed by atoms with Gasteiger partial charge in [0.1, 0.15) is 0 Å². The number of hydrogen-bond acceptors (Lipinski definition) is 4. The van der Waals surface area contributed by atoms with Crippen molar-refractivity contribution in [3.05, 3.63) is 41.5 Å². The molecule has 1 aromatic rings. The van der Waals surface area contributed by atoms with Gasteiger partial charge in [0.05, 0.1) is 22.5 Å². The second kappa shape index (κ2) is 9.00. The van der Waals surface area contributed by atoms with E-state index in [0.717, 1.165) is 11.6 Å². The van der Waals surface area contributed by atoms with Gasteiger partial charge < -0.3 is 9.47 Å². The molecule has 114 valence electrons. The maximum Gasteiger partial charge on any atom is 0.338 e. The van der Waals surface area contributed by atoms with E-state index in [2.05, 4.69) is 31.9 Å². The number of carbonyl (C=O) groups excluding carboxylic acids is 2. The van der Waals surface area contributed by atoms with Crippen LogP contribution in [0.3, 0.4) is 0 Å². The second-order valence-corrected chi connectivity index (χ2v) is 7.01. The summed E-state index contributed by atoms with van der Waals surface area (Å²) in [6.07, 6.45) is 1.16. The highest BCUT2D eigenvalue weighted by Crippen LogP contribution is 2.30. The van der Waals surface area contributed by atoms with Crippen LogP contribution >= 0.6 is 31.9 Å². The van der Waals surface area contributed by atoms with Crippen LogP contribution in [0.15, 0.2) is 30.3 Å². The number of halogens is 2. The standard InChI is InChI=1S/C15H16Br2O4/c1-3-20-13(18)9-12(15(19)21-4-2)10-5-7-11(8-6-10)14(16)17/h5-9,14H,3-4H2,1-2H3/b12-9-. The molecule has 0 saturated heterocycles. The van der Waals surface area contributed by atoms with Gasteiger partial charge in [0.25, 0.3) is 0 Å². The lowest BCUT2D eigenvalue weighted by Crippen LogP contribution is -2.10. The zero-order valence-corrected chi connectivity index (χ0v) is 14.9. The molecule has 0 radical (unpaired) electrons. The number of rotatable bonds is 6. The Kier molecular flexibility index (Phi) is 7.67. The first-order valence-corrected chi connectivity index (χ1v) is 8.26. The van der Waals surface area contributed by atoms with E-state index in [1.165, 1.54) is 0 Å². The number of hydrogen-bond donors (Lipinski definition) is 0. The molecule has 0 amide bonds. The van der Waals surface area contributed by atoms with Crippen molar-refractivity contribution in [2.75, 3.05) is 13.2 Å². The number of esters is 2. The van der Waals surface area contributed by atoms with Crippen molar-refractivity contribution in [2.45, 2.75) is 17.6 Å². The van der Waals surface area contributed by atoms with Gasteiger partial charge in [-0.1, -0.05) is 56.1 Å². The van der Waals surface area contributed by atoms with E-state index in [9.17, 15) is 9.59 Å². The summed E-state index contributed by atoms with van der Waals surface area (Å²) in [7, 11) is 0. The Morgan fingerprint density at radius 3 is 2.14 bits per heavy atom. The van der Waals surface area contributed by atoms with E-state index in [0.29, 0.717) is 5.56 Å². The summed E-state index contributed by atoms with van der Waals surface area (Å²) in [5.41, 5.74) is 1.78. The zero-order chi connectivity index (χ0) is 15.8. The Morgan fingerprint density at radius 2 is 1.67 bits per heavy atom. The van der Waals surface area contributed by atoms with Gasteiger partial charge in [0.2, 0.25) is 0 Å². The van der Waals surface area contributed by atoms with Gasteiger partial charge >= 0.3 is 11.9 Å². The molecule has 0 aliphatic heterocycles. The van der Waals surface area contributed by atoms with Crippen molar-refractivity contribution in [2.24, 2.45) is 0 Å². The number of benzene rings is 1.